The van der Waals surface area contributed by atoms with E-state index in [4.69, 9.17) is 0 Å². The number of carbonyl (C=O) groups excluding carboxylic acids is 1. The minimum atomic E-state index is -0.0264. The van der Waals surface area contributed by atoms with E-state index in [0.29, 0.717) is 0 Å². The quantitative estimate of drug-likeness (QED) is 0.895. The molecule has 1 amide bonds. The van der Waals surface area contributed by atoms with Gasteiger partial charge in [0.15, 0.2) is 0 Å². The molecule has 94 valence electrons. The topological polar surface area (TPSA) is 29.1 Å². The van der Waals surface area contributed by atoms with Crippen molar-refractivity contribution in [2.45, 2.75) is 19.9 Å². The molecule has 1 aromatic heterocycles. The number of thiophene rings is 1. The van der Waals surface area contributed by atoms with E-state index in [-0.39, 0.29) is 11.9 Å². The van der Waals surface area contributed by atoms with Crippen molar-refractivity contribution in [1.82, 2.24) is 5.32 Å². The van der Waals surface area contributed by atoms with Crippen LogP contribution in [0.3, 0.4) is 0 Å². The SMILES string of the molecule is Cc1ccccc1C(C)NC(=O)c1ccc(Br)s1. The molecule has 2 aromatic rings. The second-order valence-corrected chi connectivity index (χ2v) is 6.62. The summed E-state index contributed by atoms with van der Waals surface area (Å²) in [4.78, 5) is 12.8. The Hall–Kier alpha value is -1.13. The number of hydrogen-bond acceptors (Lipinski definition) is 2. The Morgan fingerprint density at radius 2 is 2.00 bits per heavy atom. The Kier molecular flexibility index (Phi) is 4.19. The third kappa shape index (κ3) is 3.00. The van der Waals surface area contributed by atoms with Crippen LogP contribution in [0.4, 0.5) is 0 Å². The van der Waals surface area contributed by atoms with Gasteiger partial charge in [-0.1, -0.05) is 24.3 Å². The predicted octanol–water partition coefficient (Wildman–Crippen LogP) is 4.31. The number of halogens is 1. The highest BCUT2D eigenvalue weighted by Crippen LogP contribution is 2.23. The number of hydrogen-bond donors (Lipinski definition) is 1. The van der Waals surface area contributed by atoms with Crippen molar-refractivity contribution in [3.05, 3.63) is 56.2 Å². The Morgan fingerprint density at radius 3 is 2.61 bits per heavy atom. The van der Waals surface area contributed by atoms with E-state index in [0.717, 1.165) is 14.2 Å². The summed E-state index contributed by atoms with van der Waals surface area (Å²) in [5.74, 6) is -0.0264. The highest BCUT2D eigenvalue weighted by Gasteiger charge is 2.14. The molecule has 0 aliphatic carbocycles. The van der Waals surface area contributed by atoms with Crippen molar-refractivity contribution < 1.29 is 4.79 Å². The first-order valence-electron chi connectivity index (χ1n) is 5.69. The van der Waals surface area contributed by atoms with Crippen molar-refractivity contribution in [3.8, 4) is 0 Å². The maximum absolute atomic E-state index is 12.0. The zero-order valence-corrected chi connectivity index (χ0v) is 12.6. The van der Waals surface area contributed by atoms with Crippen molar-refractivity contribution in [1.29, 1.82) is 0 Å². The van der Waals surface area contributed by atoms with Gasteiger partial charge in [-0.15, -0.1) is 11.3 Å². The second-order valence-electron chi connectivity index (χ2n) is 4.16. The van der Waals surface area contributed by atoms with Gasteiger partial charge in [0.05, 0.1) is 14.7 Å². The van der Waals surface area contributed by atoms with Gasteiger partial charge in [0.25, 0.3) is 5.91 Å². The number of benzene rings is 1. The maximum atomic E-state index is 12.0. The summed E-state index contributed by atoms with van der Waals surface area (Å²) < 4.78 is 0.969. The van der Waals surface area contributed by atoms with Crippen LogP contribution in [0, 0.1) is 6.92 Å². The van der Waals surface area contributed by atoms with Crippen molar-refractivity contribution in [2.24, 2.45) is 0 Å². The van der Waals surface area contributed by atoms with Crippen LogP contribution in [0.2, 0.25) is 0 Å². The molecule has 1 atom stereocenters. The van der Waals surface area contributed by atoms with Gasteiger partial charge >= 0.3 is 0 Å². The molecule has 2 rings (SSSR count). The molecule has 1 aromatic carbocycles. The van der Waals surface area contributed by atoms with Crippen LogP contribution in [0.5, 0.6) is 0 Å². The van der Waals surface area contributed by atoms with Crippen molar-refractivity contribution >= 4 is 33.2 Å². The Balaban J connectivity index is 2.10. The molecule has 0 saturated carbocycles. The molecule has 0 aliphatic rings. The minimum absolute atomic E-state index is 0.0135. The van der Waals surface area contributed by atoms with Crippen molar-refractivity contribution in [2.75, 3.05) is 0 Å². The number of aryl methyl sites for hydroxylation is 1. The van der Waals surface area contributed by atoms with Gasteiger partial charge in [-0.2, -0.15) is 0 Å². The first-order chi connectivity index (χ1) is 8.58. The molecule has 0 spiro atoms. The average molecular weight is 324 g/mol. The lowest BCUT2D eigenvalue weighted by molar-refractivity contribution is 0.0944. The fourth-order valence-electron chi connectivity index (χ4n) is 1.85. The number of carbonyl (C=O) groups is 1. The summed E-state index contributed by atoms with van der Waals surface area (Å²) in [6, 6.07) is 11.8. The van der Waals surface area contributed by atoms with Gasteiger partial charge in [-0.3, -0.25) is 4.79 Å². The zero-order chi connectivity index (χ0) is 13.1. The van der Waals surface area contributed by atoms with Gasteiger partial charge in [-0.25, -0.2) is 0 Å². The molecule has 0 fully saturated rings. The molecular formula is C14H14BrNOS. The third-order valence-corrected chi connectivity index (χ3v) is 4.42. The van der Waals surface area contributed by atoms with E-state index in [9.17, 15) is 4.79 Å². The molecule has 18 heavy (non-hydrogen) atoms. The highest BCUT2D eigenvalue weighted by molar-refractivity contribution is 9.11. The number of nitrogens with one attached hydrogen (secondary N) is 1. The predicted molar refractivity (Wildman–Crippen MR) is 79.1 cm³/mol. The third-order valence-electron chi connectivity index (χ3n) is 2.80. The second kappa shape index (κ2) is 5.67. The molecular weight excluding hydrogens is 310 g/mol. The van der Waals surface area contributed by atoms with Gasteiger partial charge in [0.1, 0.15) is 0 Å². The highest BCUT2D eigenvalue weighted by atomic mass is 79.9. The summed E-state index contributed by atoms with van der Waals surface area (Å²) in [5.41, 5.74) is 2.35. The summed E-state index contributed by atoms with van der Waals surface area (Å²) in [6.07, 6.45) is 0. The van der Waals surface area contributed by atoms with Crippen LogP contribution in [-0.2, 0) is 0 Å². The number of amides is 1. The van der Waals surface area contributed by atoms with Crippen LogP contribution in [0.1, 0.15) is 33.8 Å². The molecule has 2 nitrogen and oxygen atoms in total. The van der Waals surface area contributed by atoms with E-state index >= 15 is 0 Å². The van der Waals surface area contributed by atoms with Gasteiger partial charge in [-0.05, 0) is 53.0 Å². The lowest BCUT2D eigenvalue weighted by atomic mass is 10.0. The van der Waals surface area contributed by atoms with E-state index < -0.39 is 0 Å². The lowest BCUT2D eigenvalue weighted by Crippen LogP contribution is -2.26. The van der Waals surface area contributed by atoms with Gasteiger partial charge in [0.2, 0.25) is 0 Å². The van der Waals surface area contributed by atoms with Crippen LogP contribution >= 0.6 is 27.3 Å². The Morgan fingerprint density at radius 1 is 1.28 bits per heavy atom. The maximum Gasteiger partial charge on any atom is 0.261 e. The molecule has 0 radical (unpaired) electrons. The van der Waals surface area contributed by atoms with Crippen LogP contribution in [0.15, 0.2) is 40.2 Å². The van der Waals surface area contributed by atoms with E-state index in [2.05, 4.69) is 34.2 Å². The fourth-order valence-corrected chi connectivity index (χ4v) is 3.14. The standard InChI is InChI=1S/C14H14BrNOS/c1-9-5-3-4-6-11(9)10(2)16-14(17)12-7-8-13(15)18-12/h3-8,10H,1-2H3,(H,16,17). The Labute approximate surface area is 119 Å². The molecule has 1 N–H and O–H groups in total. The van der Waals surface area contributed by atoms with Crippen LogP contribution in [0.25, 0.3) is 0 Å². The summed E-state index contributed by atoms with van der Waals surface area (Å²) in [5, 5.41) is 3.02. The summed E-state index contributed by atoms with van der Waals surface area (Å²) in [6.45, 7) is 4.06. The summed E-state index contributed by atoms with van der Waals surface area (Å²) >= 11 is 4.80. The normalized spacial score (nSPS) is 12.2. The molecule has 0 bridgehead atoms. The monoisotopic (exact) mass is 323 g/mol. The molecule has 0 saturated heterocycles. The van der Waals surface area contributed by atoms with E-state index in [1.165, 1.54) is 16.9 Å². The van der Waals surface area contributed by atoms with E-state index in [1.54, 1.807) is 0 Å². The van der Waals surface area contributed by atoms with Gasteiger partial charge in [0, 0.05) is 0 Å². The zero-order valence-electron chi connectivity index (χ0n) is 10.2. The fraction of sp³-hybridized carbons (Fsp3) is 0.214. The number of rotatable bonds is 3. The molecule has 4 heteroatoms. The first kappa shape index (κ1) is 13.3. The average Bonchev–Trinajstić information content (AvgIpc) is 2.76. The largest absolute Gasteiger partial charge is 0.345 e. The smallest absolute Gasteiger partial charge is 0.261 e. The minimum Gasteiger partial charge on any atom is -0.345 e. The van der Waals surface area contributed by atoms with Gasteiger partial charge < -0.3 is 5.32 Å². The van der Waals surface area contributed by atoms with Crippen LogP contribution in [-0.4, -0.2) is 5.91 Å². The molecule has 1 unspecified atom stereocenters. The molecule has 1 heterocycles. The Bertz CT molecular complexity index is 564. The molecule has 0 aliphatic heterocycles. The summed E-state index contributed by atoms with van der Waals surface area (Å²) in [7, 11) is 0. The lowest BCUT2D eigenvalue weighted by Gasteiger charge is -2.15. The van der Waals surface area contributed by atoms with E-state index in [1.807, 2.05) is 37.3 Å². The van der Waals surface area contributed by atoms with Crippen molar-refractivity contribution in [3.63, 3.8) is 0 Å². The first-order valence-corrected chi connectivity index (χ1v) is 7.30. The van der Waals surface area contributed by atoms with Crippen LogP contribution < -0.4 is 5.32 Å².